The molecule has 25 heavy (non-hydrogen) atoms. The monoisotopic (exact) mass is 341 g/mol. The first-order chi connectivity index (χ1) is 12.1. The summed E-state index contributed by atoms with van der Waals surface area (Å²) in [6.45, 7) is 8.75. The summed E-state index contributed by atoms with van der Waals surface area (Å²) in [4.78, 5) is 2.56. The van der Waals surface area contributed by atoms with E-state index >= 15 is 0 Å². The summed E-state index contributed by atoms with van der Waals surface area (Å²) in [6, 6.07) is 6.46. The third-order valence-electron chi connectivity index (χ3n) is 5.75. The normalized spacial score (nSPS) is 24.6. The van der Waals surface area contributed by atoms with Crippen LogP contribution >= 0.6 is 0 Å². The molecule has 1 aromatic heterocycles. The summed E-state index contributed by atoms with van der Waals surface area (Å²) in [5.41, 5.74) is 11.4. The lowest BCUT2D eigenvalue weighted by atomic mass is 9.95. The molecule has 2 aliphatic rings. The van der Waals surface area contributed by atoms with E-state index in [0.29, 0.717) is 12.2 Å². The van der Waals surface area contributed by atoms with Gasteiger partial charge in [-0.1, -0.05) is 0 Å². The molecule has 0 spiro atoms. The molecule has 1 unspecified atom stereocenters. The van der Waals surface area contributed by atoms with Gasteiger partial charge < -0.3 is 15.0 Å². The first kappa shape index (κ1) is 16.9. The van der Waals surface area contributed by atoms with Gasteiger partial charge in [0.25, 0.3) is 0 Å². The largest absolute Gasteiger partial charge is 0.399 e. The van der Waals surface area contributed by atoms with Crippen molar-refractivity contribution in [2.24, 2.45) is 0 Å². The van der Waals surface area contributed by atoms with Crippen molar-refractivity contribution in [3.8, 4) is 0 Å². The van der Waals surface area contributed by atoms with E-state index in [9.17, 15) is 0 Å². The highest BCUT2D eigenvalue weighted by Crippen LogP contribution is 2.33. The third kappa shape index (κ3) is 3.42. The zero-order chi connectivity index (χ0) is 17.4. The van der Waals surface area contributed by atoms with Crippen LogP contribution in [0.2, 0.25) is 0 Å². The predicted octanol–water partition coefficient (Wildman–Crippen LogP) is 3.60. The van der Waals surface area contributed by atoms with E-state index < -0.39 is 0 Å². The summed E-state index contributed by atoms with van der Waals surface area (Å²) in [5, 5.41) is 1.39. The molecule has 2 heterocycles. The zero-order valence-corrected chi connectivity index (χ0v) is 15.6. The molecule has 4 nitrogen and oxygen atoms in total. The fourth-order valence-electron chi connectivity index (χ4n) is 4.83. The Labute approximate surface area is 150 Å². The number of rotatable bonds is 4. The number of nitrogens with zero attached hydrogens (tertiary/aromatic N) is 2. The van der Waals surface area contributed by atoms with Crippen molar-refractivity contribution >= 4 is 16.6 Å². The Morgan fingerprint density at radius 2 is 1.84 bits per heavy atom. The molecule has 2 atom stereocenters. The molecule has 4 rings (SSSR count). The van der Waals surface area contributed by atoms with E-state index in [1.807, 2.05) is 0 Å². The van der Waals surface area contributed by atoms with Crippen molar-refractivity contribution in [3.63, 3.8) is 0 Å². The van der Waals surface area contributed by atoms with E-state index in [1.165, 1.54) is 43.0 Å². The molecule has 1 aliphatic carbocycles. The van der Waals surface area contributed by atoms with E-state index in [2.05, 4.69) is 41.5 Å². The second kappa shape index (κ2) is 7.00. The highest BCUT2D eigenvalue weighted by atomic mass is 16.5. The Balaban J connectivity index is 1.51. The van der Waals surface area contributed by atoms with Crippen LogP contribution in [-0.2, 0) is 24.1 Å². The summed E-state index contributed by atoms with van der Waals surface area (Å²) < 4.78 is 8.43. The first-order valence-corrected chi connectivity index (χ1v) is 9.89. The average Bonchev–Trinajstić information content (AvgIpc) is 2.88. The topological polar surface area (TPSA) is 43.4 Å². The highest BCUT2D eigenvalue weighted by Gasteiger charge is 2.23. The van der Waals surface area contributed by atoms with Crippen molar-refractivity contribution in [1.82, 2.24) is 9.47 Å². The Kier molecular flexibility index (Phi) is 4.74. The lowest BCUT2D eigenvalue weighted by Gasteiger charge is -2.35. The molecule has 0 radical (unpaired) electrons. The predicted molar refractivity (Wildman–Crippen MR) is 104 cm³/mol. The van der Waals surface area contributed by atoms with Gasteiger partial charge in [0.1, 0.15) is 0 Å². The molecule has 0 amide bonds. The minimum absolute atomic E-state index is 0.354. The molecule has 136 valence electrons. The number of hydrogen-bond acceptors (Lipinski definition) is 3. The number of fused-ring (bicyclic) bond motifs is 3. The van der Waals surface area contributed by atoms with Crippen LogP contribution in [0.4, 0.5) is 5.69 Å². The van der Waals surface area contributed by atoms with Crippen molar-refractivity contribution in [3.05, 3.63) is 29.5 Å². The van der Waals surface area contributed by atoms with Gasteiger partial charge in [0.05, 0.1) is 12.2 Å². The molecule has 2 N–H and O–H groups in total. The number of aromatic nitrogens is 1. The maximum Gasteiger partial charge on any atom is 0.0678 e. The number of benzene rings is 1. The quantitative estimate of drug-likeness (QED) is 0.864. The van der Waals surface area contributed by atoms with Gasteiger partial charge in [0.15, 0.2) is 0 Å². The second-order valence-electron chi connectivity index (χ2n) is 7.93. The average molecular weight is 341 g/mol. The minimum atomic E-state index is 0.354. The molecule has 0 bridgehead atoms. The SMILES string of the molecule is CC1CN(CCCn2c3c(c4cc(N)ccc42)CCCC3)C[C@@H](C)O1. The molecule has 1 aliphatic heterocycles. The van der Waals surface area contributed by atoms with Crippen LogP contribution in [0.25, 0.3) is 10.9 Å². The smallest absolute Gasteiger partial charge is 0.0678 e. The van der Waals surface area contributed by atoms with Gasteiger partial charge in [-0.2, -0.15) is 0 Å². The van der Waals surface area contributed by atoms with E-state index in [4.69, 9.17) is 10.5 Å². The molecule has 2 aromatic rings. The first-order valence-electron chi connectivity index (χ1n) is 9.89. The van der Waals surface area contributed by atoms with E-state index in [-0.39, 0.29) is 0 Å². The maximum atomic E-state index is 6.06. The Hall–Kier alpha value is -1.52. The number of anilines is 1. The molecule has 1 saturated heterocycles. The van der Waals surface area contributed by atoms with Crippen molar-refractivity contribution in [1.29, 1.82) is 0 Å². The molecule has 0 saturated carbocycles. The fraction of sp³-hybridized carbons (Fsp3) is 0.619. The molecule has 4 heteroatoms. The van der Waals surface area contributed by atoms with E-state index in [0.717, 1.165) is 31.9 Å². The van der Waals surface area contributed by atoms with Gasteiger partial charge in [-0.05, 0) is 69.7 Å². The summed E-state index contributed by atoms with van der Waals surface area (Å²) >= 11 is 0. The Morgan fingerprint density at radius 1 is 1.08 bits per heavy atom. The van der Waals surface area contributed by atoms with Crippen molar-refractivity contribution < 1.29 is 4.74 Å². The highest BCUT2D eigenvalue weighted by molar-refractivity contribution is 5.88. The van der Waals surface area contributed by atoms with Gasteiger partial charge >= 0.3 is 0 Å². The van der Waals surface area contributed by atoms with Crippen LogP contribution in [0.3, 0.4) is 0 Å². The second-order valence-corrected chi connectivity index (χ2v) is 7.93. The number of nitrogens with two attached hydrogens (primary N) is 1. The number of morpholine rings is 1. The van der Waals surface area contributed by atoms with Gasteiger partial charge in [-0.3, -0.25) is 4.90 Å². The molecule has 1 aromatic carbocycles. The number of aryl methyl sites for hydroxylation is 2. The van der Waals surface area contributed by atoms with Crippen molar-refractivity contribution in [2.45, 2.75) is 64.7 Å². The number of ether oxygens (including phenoxy) is 1. The van der Waals surface area contributed by atoms with Gasteiger partial charge in [0.2, 0.25) is 0 Å². The Morgan fingerprint density at radius 3 is 2.64 bits per heavy atom. The lowest BCUT2D eigenvalue weighted by Crippen LogP contribution is -2.45. The summed E-state index contributed by atoms with van der Waals surface area (Å²) in [5.74, 6) is 0. The minimum Gasteiger partial charge on any atom is -0.399 e. The number of hydrogen-bond donors (Lipinski definition) is 1. The van der Waals surface area contributed by atoms with Crippen LogP contribution in [0.1, 0.15) is 44.4 Å². The van der Waals surface area contributed by atoms with Crippen molar-refractivity contribution in [2.75, 3.05) is 25.4 Å². The van der Waals surface area contributed by atoms with E-state index in [1.54, 1.807) is 11.3 Å². The van der Waals surface area contributed by atoms with Crippen LogP contribution < -0.4 is 5.73 Å². The van der Waals surface area contributed by atoms with Gasteiger partial charge in [-0.25, -0.2) is 0 Å². The standard InChI is InChI=1S/C21H31N3O/c1-15-13-23(14-16(2)25-15)10-5-11-24-20-7-4-3-6-18(20)19-12-17(22)8-9-21(19)24/h8-9,12,15-16H,3-7,10-11,13-14,22H2,1-2H3/t15-,16?/m1/s1. The van der Waals surface area contributed by atoms with Gasteiger partial charge in [-0.15, -0.1) is 0 Å². The van der Waals surface area contributed by atoms with Crippen LogP contribution in [0.15, 0.2) is 18.2 Å². The molecular formula is C21H31N3O. The summed E-state index contributed by atoms with van der Waals surface area (Å²) in [7, 11) is 0. The molecule has 1 fully saturated rings. The fourth-order valence-corrected chi connectivity index (χ4v) is 4.83. The third-order valence-corrected chi connectivity index (χ3v) is 5.75. The van der Waals surface area contributed by atoms with Crippen LogP contribution in [0.5, 0.6) is 0 Å². The molecular weight excluding hydrogens is 310 g/mol. The Bertz CT molecular complexity index is 741. The summed E-state index contributed by atoms with van der Waals surface area (Å²) in [6.07, 6.45) is 6.96. The zero-order valence-electron chi connectivity index (χ0n) is 15.6. The maximum absolute atomic E-state index is 6.06. The van der Waals surface area contributed by atoms with Crippen LogP contribution in [-0.4, -0.2) is 41.3 Å². The number of nitrogen functional groups attached to an aromatic ring is 1. The van der Waals surface area contributed by atoms with Crippen LogP contribution in [0, 0.1) is 0 Å². The lowest BCUT2D eigenvalue weighted by molar-refractivity contribution is -0.0682. The van der Waals surface area contributed by atoms with Gasteiger partial charge in [0, 0.05) is 48.5 Å².